The highest BCUT2D eigenvalue weighted by molar-refractivity contribution is 5.20. The summed E-state index contributed by atoms with van der Waals surface area (Å²) in [6.07, 6.45) is 1.61. The van der Waals surface area contributed by atoms with Crippen molar-refractivity contribution in [1.29, 1.82) is 0 Å². The van der Waals surface area contributed by atoms with Crippen LogP contribution in [0.4, 0.5) is 8.78 Å². The van der Waals surface area contributed by atoms with Crippen LogP contribution < -0.4 is 5.32 Å². The molecule has 0 radical (unpaired) electrons. The zero-order valence-electron chi connectivity index (χ0n) is 10.2. The fourth-order valence-electron chi connectivity index (χ4n) is 1.61. The molecule has 2 aromatic rings. The number of benzene rings is 1. The maximum absolute atomic E-state index is 13.1. The summed E-state index contributed by atoms with van der Waals surface area (Å²) in [5.74, 6) is -0.886. The minimum atomic E-state index is -0.834. The molecule has 0 fully saturated rings. The van der Waals surface area contributed by atoms with Gasteiger partial charge in [0.1, 0.15) is 12.2 Å². The molecular formula is C12H14F2N4. The third-order valence-electron chi connectivity index (χ3n) is 2.82. The van der Waals surface area contributed by atoms with Crippen molar-refractivity contribution >= 4 is 0 Å². The van der Waals surface area contributed by atoms with Gasteiger partial charge in [-0.05, 0) is 24.6 Å². The molecule has 0 aliphatic rings. The van der Waals surface area contributed by atoms with Crippen LogP contribution in [0.3, 0.4) is 0 Å². The molecule has 6 heteroatoms. The predicted molar refractivity (Wildman–Crippen MR) is 62.6 cm³/mol. The summed E-state index contributed by atoms with van der Waals surface area (Å²) in [5, 5.41) is 10.9. The Bertz CT molecular complexity index is 539. The van der Waals surface area contributed by atoms with Crippen LogP contribution in [0.15, 0.2) is 24.5 Å². The molecule has 1 N–H and O–H groups in total. The summed E-state index contributed by atoms with van der Waals surface area (Å²) in [6.45, 7) is 2.39. The number of halogens is 2. The Labute approximate surface area is 104 Å². The molecule has 18 heavy (non-hydrogen) atoms. The standard InChI is InChI=1S/C12H14F2N4/c1-8(9-3-4-10(13)11(14)5-9)15-6-12-17-16-7-18(12)2/h3-5,7-8,15H,6H2,1-2H3. The average molecular weight is 252 g/mol. The second kappa shape index (κ2) is 5.22. The molecule has 0 bridgehead atoms. The third-order valence-corrected chi connectivity index (χ3v) is 2.82. The number of aromatic nitrogens is 3. The van der Waals surface area contributed by atoms with E-state index in [0.29, 0.717) is 12.1 Å². The zero-order chi connectivity index (χ0) is 13.1. The number of hydrogen-bond donors (Lipinski definition) is 1. The normalized spacial score (nSPS) is 12.7. The third kappa shape index (κ3) is 2.70. The van der Waals surface area contributed by atoms with E-state index in [0.717, 1.165) is 11.9 Å². The van der Waals surface area contributed by atoms with Crippen molar-refractivity contribution in [1.82, 2.24) is 20.1 Å². The van der Waals surface area contributed by atoms with Crippen molar-refractivity contribution in [3.05, 3.63) is 47.5 Å². The van der Waals surface area contributed by atoms with E-state index in [1.807, 2.05) is 14.0 Å². The summed E-state index contributed by atoms with van der Waals surface area (Å²) in [4.78, 5) is 0. The van der Waals surface area contributed by atoms with Crippen LogP contribution in [0.1, 0.15) is 24.4 Å². The lowest BCUT2D eigenvalue weighted by molar-refractivity contribution is 0.498. The summed E-state index contributed by atoms with van der Waals surface area (Å²) in [7, 11) is 1.85. The van der Waals surface area contributed by atoms with E-state index in [1.54, 1.807) is 17.0 Å². The van der Waals surface area contributed by atoms with E-state index in [-0.39, 0.29) is 6.04 Å². The van der Waals surface area contributed by atoms with Crippen LogP contribution in [0.2, 0.25) is 0 Å². The fourth-order valence-corrected chi connectivity index (χ4v) is 1.61. The highest BCUT2D eigenvalue weighted by atomic mass is 19.2. The van der Waals surface area contributed by atoms with E-state index < -0.39 is 11.6 Å². The van der Waals surface area contributed by atoms with Gasteiger partial charge in [-0.2, -0.15) is 0 Å². The molecule has 0 saturated heterocycles. The van der Waals surface area contributed by atoms with Crippen LogP contribution in [0, 0.1) is 11.6 Å². The van der Waals surface area contributed by atoms with Gasteiger partial charge in [0.25, 0.3) is 0 Å². The number of rotatable bonds is 4. The topological polar surface area (TPSA) is 42.7 Å². The first-order chi connectivity index (χ1) is 8.58. The van der Waals surface area contributed by atoms with Crippen LogP contribution >= 0.6 is 0 Å². The molecule has 1 aromatic heterocycles. The van der Waals surface area contributed by atoms with Crippen molar-refractivity contribution in [3.63, 3.8) is 0 Å². The van der Waals surface area contributed by atoms with Gasteiger partial charge in [0.15, 0.2) is 11.6 Å². The molecule has 0 aliphatic heterocycles. The van der Waals surface area contributed by atoms with E-state index in [2.05, 4.69) is 15.5 Å². The van der Waals surface area contributed by atoms with Gasteiger partial charge in [-0.25, -0.2) is 8.78 Å². The Hall–Kier alpha value is -1.82. The van der Waals surface area contributed by atoms with E-state index in [1.165, 1.54) is 6.07 Å². The quantitative estimate of drug-likeness (QED) is 0.904. The highest BCUT2D eigenvalue weighted by Gasteiger charge is 2.10. The molecule has 0 amide bonds. The predicted octanol–water partition coefficient (Wildman–Crippen LogP) is 1.94. The molecule has 1 aromatic carbocycles. The lowest BCUT2D eigenvalue weighted by atomic mass is 10.1. The second-order valence-corrected chi connectivity index (χ2v) is 4.13. The molecule has 0 saturated carbocycles. The van der Waals surface area contributed by atoms with Crippen molar-refractivity contribution in [2.24, 2.45) is 7.05 Å². The molecule has 0 spiro atoms. The lowest BCUT2D eigenvalue weighted by Crippen LogP contribution is -2.20. The minimum Gasteiger partial charge on any atom is -0.320 e. The van der Waals surface area contributed by atoms with Gasteiger partial charge in [-0.1, -0.05) is 6.07 Å². The second-order valence-electron chi connectivity index (χ2n) is 4.13. The fraction of sp³-hybridized carbons (Fsp3) is 0.333. The first-order valence-electron chi connectivity index (χ1n) is 5.59. The van der Waals surface area contributed by atoms with Crippen LogP contribution in [0.25, 0.3) is 0 Å². The summed E-state index contributed by atoms with van der Waals surface area (Å²) >= 11 is 0. The maximum atomic E-state index is 13.1. The maximum Gasteiger partial charge on any atom is 0.159 e. The van der Waals surface area contributed by atoms with Crippen LogP contribution in [-0.4, -0.2) is 14.8 Å². The van der Waals surface area contributed by atoms with Gasteiger partial charge in [-0.3, -0.25) is 0 Å². The van der Waals surface area contributed by atoms with E-state index in [4.69, 9.17) is 0 Å². The van der Waals surface area contributed by atoms with Gasteiger partial charge >= 0.3 is 0 Å². The van der Waals surface area contributed by atoms with Crippen molar-refractivity contribution in [2.45, 2.75) is 19.5 Å². The first kappa shape index (κ1) is 12.6. The zero-order valence-corrected chi connectivity index (χ0v) is 10.2. The number of hydrogen-bond acceptors (Lipinski definition) is 3. The smallest absolute Gasteiger partial charge is 0.159 e. The molecule has 2 rings (SSSR count). The number of nitrogens with zero attached hydrogens (tertiary/aromatic N) is 3. The van der Waals surface area contributed by atoms with Gasteiger partial charge in [0, 0.05) is 13.1 Å². The average Bonchev–Trinajstić information content (AvgIpc) is 2.75. The first-order valence-corrected chi connectivity index (χ1v) is 5.59. The van der Waals surface area contributed by atoms with Gasteiger partial charge < -0.3 is 9.88 Å². The molecule has 1 heterocycles. The summed E-state index contributed by atoms with van der Waals surface area (Å²) in [6, 6.07) is 3.79. The van der Waals surface area contributed by atoms with E-state index >= 15 is 0 Å². The van der Waals surface area contributed by atoms with Gasteiger partial charge in [-0.15, -0.1) is 10.2 Å². The molecule has 0 aliphatic carbocycles. The van der Waals surface area contributed by atoms with Gasteiger partial charge in [0.2, 0.25) is 0 Å². The van der Waals surface area contributed by atoms with Crippen molar-refractivity contribution < 1.29 is 8.78 Å². The summed E-state index contributed by atoms with van der Waals surface area (Å²) in [5.41, 5.74) is 0.691. The van der Waals surface area contributed by atoms with E-state index in [9.17, 15) is 8.78 Å². The summed E-state index contributed by atoms with van der Waals surface area (Å²) < 4.78 is 27.7. The minimum absolute atomic E-state index is 0.100. The Morgan fingerprint density at radius 3 is 2.72 bits per heavy atom. The largest absolute Gasteiger partial charge is 0.320 e. The molecule has 1 atom stereocenters. The lowest BCUT2D eigenvalue weighted by Gasteiger charge is -2.14. The SMILES string of the molecule is CC(NCc1nncn1C)c1ccc(F)c(F)c1. The van der Waals surface area contributed by atoms with Crippen molar-refractivity contribution in [2.75, 3.05) is 0 Å². The molecule has 4 nitrogen and oxygen atoms in total. The highest BCUT2D eigenvalue weighted by Crippen LogP contribution is 2.16. The molecular weight excluding hydrogens is 238 g/mol. The van der Waals surface area contributed by atoms with Crippen LogP contribution in [-0.2, 0) is 13.6 Å². The number of aryl methyl sites for hydroxylation is 1. The Morgan fingerprint density at radius 2 is 2.11 bits per heavy atom. The molecule has 96 valence electrons. The monoisotopic (exact) mass is 252 g/mol. The molecule has 1 unspecified atom stereocenters. The Morgan fingerprint density at radius 1 is 1.33 bits per heavy atom. The Balaban J connectivity index is 2.01. The van der Waals surface area contributed by atoms with Crippen LogP contribution in [0.5, 0.6) is 0 Å². The number of nitrogens with one attached hydrogen (secondary N) is 1. The van der Waals surface area contributed by atoms with Crippen molar-refractivity contribution in [3.8, 4) is 0 Å². The Kier molecular flexibility index (Phi) is 3.66. The van der Waals surface area contributed by atoms with Gasteiger partial charge in [0.05, 0.1) is 6.54 Å².